The molecule has 6 nitrogen and oxygen atoms in total. The molecule has 0 aliphatic carbocycles. The molecule has 134 valence electrons. The third-order valence-electron chi connectivity index (χ3n) is 3.48. The molecule has 1 aromatic carbocycles. The number of hydrogen-bond donors (Lipinski definition) is 1. The summed E-state index contributed by atoms with van der Waals surface area (Å²) >= 11 is 0. The van der Waals surface area contributed by atoms with E-state index < -0.39 is 23.7 Å². The first-order valence-corrected chi connectivity index (χ1v) is 7.40. The largest absolute Gasteiger partial charge is 0.480 e. The van der Waals surface area contributed by atoms with Crippen LogP contribution in [0.3, 0.4) is 0 Å². The Labute approximate surface area is 147 Å². The van der Waals surface area contributed by atoms with Crippen LogP contribution in [0.1, 0.15) is 20.8 Å². The van der Waals surface area contributed by atoms with Crippen LogP contribution in [-0.2, 0) is 9.53 Å². The van der Waals surface area contributed by atoms with Crippen LogP contribution in [0.15, 0.2) is 24.3 Å². The number of piperazine rings is 1. The Morgan fingerprint density at radius 2 is 1.79 bits per heavy atom. The zero-order valence-corrected chi connectivity index (χ0v) is 15.0. The van der Waals surface area contributed by atoms with Crippen molar-refractivity contribution in [2.45, 2.75) is 32.4 Å². The normalized spacial score (nSPS) is 17.9. The van der Waals surface area contributed by atoms with Crippen molar-refractivity contribution in [2.75, 3.05) is 24.5 Å². The molecule has 1 aliphatic heterocycles. The van der Waals surface area contributed by atoms with E-state index in [9.17, 15) is 19.1 Å². The molecule has 0 bridgehead atoms. The van der Waals surface area contributed by atoms with Gasteiger partial charge in [-0.05, 0) is 45.0 Å². The van der Waals surface area contributed by atoms with Crippen molar-refractivity contribution in [3.05, 3.63) is 30.1 Å². The molecule has 2 rings (SSSR count). The maximum absolute atomic E-state index is 13.0. The van der Waals surface area contributed by atoms with Crippen LogP contribution in [0, 0.1) is 5.82 Å². The number of benzene rings is 1. The number of rotatable bonds is 2. The Kier molecular flexibility index (Phi) is 6.48. The van der Waals surface area contributed by atoms with Gasteiger partial charge in [0.15, 0.2) is 0 Å². The molecule has 8 heteroatoms. The molecular weight excluding hydrogens is 335 g/mol. The quantitative estimate of drug-likeness (QED) is 0.879. The van der Waals surface area contributed by atoms with Crippen LogP contribution < -0.4 is 4.90 Å². The highest BCUT2D eigenvalue weighted by Crippen LogP contribution is 2.22. The summed E-state index contributed by atoms with van der Waals surface area (Å²) in [5.41, 5.74) is -0.0215. The average molecular weight is 358 g/mol. The van der Waals surface area contributed by atoms with Crippen LogP contribution in [0.25, 0.3) is 0 Å². The van der Waals surface area contributed by atoms with E-state index in [0.29, 0.717) is 18.8 Å². The first kappa shape index (κ1) is 20.1. The number of ether oxygens (including phenoxy) is 1. The summed E-state index contributed by atoms with van der Waals surface area (Å²) in [6, 6.07) is 4.74. The summed E-state index contributed by atoms with van der Waals surface area (Å²) in [5.74, 6) is -1.42. The molecular formula is C16H23FN2O4S. The lowest BCUT2D eigenvalue weighted by Crippen LogP contribution is -2.58. The van der Waals surface area contributed by atoms with Gasteiger partial charge in [0, 0.05) is 18.8 Å². The van der Waals surface area contributed by atoms with Gasteiger partial charge in [-0.1, -0.05) is 0 Å². The number of amides is 1. The number of carboxylic acid groups (broad SMARTS) is 1. The minimum absolute atomic E-state index is 0. The number of hydrogen-bond acceptors (Lipinski definition) is 4. The molecule has 1 saturated heterocycles. The summed E-state index contributed by atoms with van der Waals surface area (Å²) in [5, 5.41) is 9.46. The topological polar surface area (TPSA) is 70.1 Å². The van der Waals surface area contributed by atoms with E-state index >= 15 is 0 Å². The minimum atomic E-state index is -1.04. The first-order chi connectivity index (χ1) is 10.7. The summed E-state index contributed by atoms with van der Waals surface area (Å²) in [6.45, 7) is 5.97. The van der Waals surface area contributed by atoms with Gasteiger partial charge in [0.25, 0.3) is 0 Å². The van der Waals surface area contributed by atoms with E-state index in [2.05, 4.69) is 0 Å². The van der Waals surface area contributed by atoms with Crippen molar-refractivity contribution < 1.29 is 23.8 Å². The monoisotopic (exact) mass is 358 g/mol. The molecule has 1 fully saturated rings. The number of nitrogens with zero attached hydrogens (tertiary/aromatic N) is 2. The molecule has 1 N–H and O–H groups in total. The van der Waals surface area contributed by atoms with Gasteiger partial charge in [-0.3, -0.25) is 0 Å². The predicted octanol–water partition coefficient (Wildman–Crippen LogP) is 2.45. The maximum atomic E-state index is 13.0. The van der Waals surface area contributed by atoms with Crippen LogP contribution in [0.2, 0.25) is 0 Å². The van der Waals surface area contributed by atoms with E-state index in [1.54, 1.807) is 25.7 Å². The van der Waals surface area contributed by atoms with E-state index in [1.165, 1.54) is 29.2 Å². The smallest absolute Gasteiger partial charge is 0.410 e. The fourth-order valence-corrected chi connectivity index (χ4v) is 2.43. The molecule has 0 saturated carbocycles. The van der Waals surface area contributed by atoms with Gasteiger partial charge in [0.1, 0.15) is 17.5 Å². The van der Waals surface area contributed by atoms with Gasteiger partial charge < -0.3 is 19.6 Å². The average Bonchev–Trinajstić information content (AvgIpc) is 2.45. The Bertz CT molecular complexity index is 589. The number of carbonyl (C=O) groups is 2. The minimum Gasteiger partial charge on any atom is -0.480 e. The number of aliphatic carboxylic acids is 1. The lowest BCUT2D eigenvalue weighted by Gasteiger charge is -2.40. The molecule has 1 heterocycles. The van der Waals surface area contributed by atoms with E-state index in [1.807, 2.05) is 0 Å². The van der Waals surface area contributed by atoms with Crippen LogP contribution in [-0.4, -0.2) is 53.3 Å². The Hall–Kier alpha value is -1.96. The summed E-state index contributed by atoms with van der Waals surface area (Å²) < 4.78 is 18.3. The highest BCUT2D eigenvalue weighted by molar-refractivity contribution is 7.59. The SMILES string of the molecule is CC(C)(C)OC(=O)N1CCN(c2ccc(F)cc2)[C@H](C(=O)O)C1.S. The third kappa shape index (κ3) is 5.02. The van der Waals surface area contributed by atoms with Gasteiger partial charge >= 0.3 is 12.1 Å². The fraction of sp³-hybridized carbons (Fsp3) is 0.500. The van der Waals surface area contributed by atoms with Gasteiger partial charge in [-0.2, -0.15) is 13.5 Å². The second-order valence-electron chi connectivity index (χ2n) is 6.45. The van der Waals surface area contributed by atoms with Gasteiger partial charge in [-0.15, -0.1) is 0 Å². The molecule has 0 spiro atoms. The molecule has 24 heavy (non-hydrogen) atoms. The van der Waals surface area contributed by atoms with Crippen molar-refractivity contribution in [3.63, 3.8) is 0 Å². The first-order valence-electron chi connectivity index (χ1n) is 7.40. The third-order valence-corrected chi connectivity index (χ3v) is 3.48. The standard InChI is InChI=1S/C16H21FN2O4.H2S/c1-16(2,3)23-15(22)18-8-9-19(13(10-18)14(20)21)12-6-4-11(17)5-7-12;/h4-7,13H,8-10H2,1-3H3,(H,20,21);1H2/t13-;/m0./s1. The summed E-state index contributed by atoms with van der Waals surface area (Å²) in [7, 11) is 0. The van der Waals surface area contributed by atoms with Crippen molar-refractivity contribution in [2.24, 2.45) is 0 Å². The second-order valence-corrected chi connectivity index (χ2v) is 6.45. The molecule has 1 amide bonds. The number of halogens is 1. The van der Waals surface area contributed by atoms with Crippen molar-refractivity contribution in [1.82, 2.24) is 4.90 Å². The van der Waals surface area contributed by atoms with E-state index in [-0.39, 0.29) is 25.9 Å². The Morgan fingerprint density at radius 3 is 2.29 bits per heavy atom. The van der Waals surface area contributed by atoms with E-state index in [0.717, 1.165) is 0 Å². The van der Waals surface area contributed by atoms with Crippen LogP contribution in [0.4, 0.5) is 14.9 Å². The summed E-state index contributed by atoms with van der Waals surface area (Å²) in [4.78, 5) is 26.7. The van der Waals surface area contributed by atoms with Gasteiger partial charge in [-0.25, -0.2) is 14.0 Å². The predicted molar refractivity (Wildman–Crippen MR) is 93.4 cm³/mol. The lowest BCUT2D eigenvalue weighted by molar-refractivity contribution is -0.139. The molecule has 1 aromatic rings. The zero-order valence-electron chi connectivity index (χ0n) is 14.0. The second kappa shape index (κ2) is 7.74. The van der Waals surface area contributed by atoms with Crippen molar-refractivity contribution >= 4 is 31.2 Å². The van der Waals surface area contributed by atoms with Crippen LogP contribution in [0.5, 0.6) is 0 Å². The Balaban J connectivity index is 0.00000288. The molecule has 1 atom stereocenters. The highest BCUT2D eigenvalue weighted by atomic mass is 32.1. The zero-order chi connectivity index (χ0) is 17.2. The summed E-state index contributed by atoms with van der Waals surface area (Å²) in [6.07, 6.45) is -0.525. The van der Waals surface area contributed by atoms with Gasteiger partial charge in [0.05, 0.1) is 6.54 Å². The van der Waals surface area contributed by atoms with Crippen molar-refractivity contribution in [1.29, 1.82) is 0 Å². The van der Waals surface area contributed by atoms with Crippen LogP contribution >= 0.6 is 13.5 Å². The maximum Gasteiger partial charge on any atom is 0.410 e. The molecule has 0 unspecified atom stereocenters. The number of carboxylic acids is 1. The van der Waals surface area contributed by atoms with Gasteiger partial charge in [0.2, 0.25) is 0 Å². The van der Waals surface area contributed by atoms with Crippen molar-refractivity contribution in [3.8, 4) is 0 Å². The number of carbonyl (C=O) groups excluding carboxylic acids is 1. The molecule has 1 aliphatic rings. The highest BCUT2D eigenvalue weighted by Gasteiger charge is 2.36. The Morgan fingerprint density at radius 1 is 1.21 bits per heavy atom. The fourth-order valence-electron chi connectivity index (χ4n) is 2.43. The molecule has 0 radical (unpaired) electrons. The van der Waals surface area contributed by atoms with E-state index in [4.69, 9.17) is 4.74 Å². The lowest BCUT2D eigenvalue weighted by atomic mass is 10.1. The molecule has 0 aromatic heterocycles. The number of anilines is 1.